The molecule has 0 saturated carbocycles. The fourth-order valence-electron chi connectivity index (χ4n) is 4.64. The van der Waals surface area contributed by atoms with E-state index in [4.69, 9.17) is 0 Å². The van der Waals surface area contributed by atoms with Crippen molar-refractivity contribution in [3.8, 4) is 0 Å². The number of pyridine rings is 1. The number of aromatic nitrogens is 1. The van der Waals surface area contributed by atoms with Crippen LogP contribution in [0.3, 0.4) is 0 Å². The van der Waals surface area contributed by atoms with Crippen molar-refractivity contribution in [2.45, 2.75) is 39.0 Å². The predicted octanol–water partition coefficient (Wildman–Crippen LogP) is 3.80. The molecule has 0 unspecified atom stereocenters. The summed E-state index contributed by atoms with van der Waals surface area (Å²) in [4.78, 5) is 34.5. The minimum atomic E-state index is -0.222. The van der Waals surface area contributed by atoms with Gasteiger partial charge in [0.2, 0.25) is 5.91 Å². The Bertz CT molecular complexity index is 939. The second-order valence-electron chi connectivity index (χ2n) is 8.64. The summed E-state index contributed by atoms with van der Waals surface area (Å²) in [6, 6.07) is 10.8. The fraction of sp³-hybridized carbons (Fsp3) is 0.480. The van der Waals surface area contributed by atoms with E-state index in [0.717, 1.165) is 44.9 Å². The summed E-state index contributed by atoms with van der Waals surface area (Å²) in [5.74, 6) is 0.954. The van der Waals surface area contributed by atoms with Crippen molar-refractivity contribution < 1.29 is 9.59 Å². The van der Waals surface area contributed by atoms with Crippen LogP contribution in [0, 0.1) is 5.92 Å². The second-order valence-corrected chi connectivity index (χ2v) is 8.64. The molecular weight excluding hydrogens is 402 g/mol. The maximum atomic E-state index is 13.5. The van der Waals surface area contributed by atoms with E-state index in [-0.39, 0.29) is 11.8 Å². The SMILES string of the molecule is CCNCCCCC1CCN(CC(=O)N2c3ccccc3C(=O)Nc3cccnc32)CC1. The van der Waals surface area contributed by atoms with Gasteiger partial charge in [0.25, 0.3) is 5.91 Å². The predicted molar refractivity (Wildman–Crippen MR) is 127 cm³/mol. The molecule has 0 atom stereocenters. The summed E-state index contributed by atoms with van der Waals surface area (Å²) in [6.45, 7) is 6.48. The van der Waals surface area contributed by atoms with E-state index in [1.807, 2.05) is 18.2 Å². The number of fused-ring (bicyclic) bond motifs is 2. The van der Waals surface area contributed by atoms with Gasteiger partial charge in [0.1, 0.15) is 0 Å². The first-order valence-corrected chi connectivity index (χ1v) is 11.8. The van der Waals surface area contributed by atoms with Crippen molar-refractivity contribution >= 4 is 29.0 Å². The fourth-order valence-corrected chi connectivity index (χ4v) is 4.64. The van der Waals surface area contributed by atoms with Crippen LogP contribution in [0.5, 0.6) is 0 Å². The van der Waals surface area contributed by atoms with E-state index in [1.165, 1.54) is 19.3 Å². The third-order valence-electron chi connectivity index (χ3n) is 6.42. The molecule has 2 aliphatic heterocycles. The molecule has 4 rings (SSSR count). The lowest BCUT2D eigenvalue weighted by Crippen LogP contribution is -2.42. The average molecular weight is 436 g/mol. The van der Waals surface area contributed by atoms with Gasteiger partial charge in [-0.1, -0.05) is 31.9 Å². The summed E-state index contributed by atoms with van der Waals surface area (Å²) in [5, 5.41) is 6.28. The number of hydrogen-bond donors (Lipinski definition) is 2. The van der Waals surface area contributed by atoms with Gasteiger partial charge in [0, 0.05) is 6.20 Å². The van der Waals surface area contributed by atoms with Gasteiger partial charge < -0.3 is 10.6 Å². The van der Waals surface area contributed by atoms with Crippen LogP contribution in [0.1, 0.15) is 49.4 Å². The van der Waals surface area contributed by atoms with Crippen LogP contribution in [0.4, 0.5) is 17.2 Å². The third kappa shape index (κ3) is 5.16. The lowest BCUT2D eigenvalue weighted by molar-refractivity contribution is -0.119. The highest BCUT2D eigenvalue weighted by Crippen LogP contribution is 2.36. The normalized spacial score (nSPS) is 16.8. The molecule has 1 fully saturated rings. The van der Waals surface area contributed by atoms with Gasteiger partial charge in [0.05, 0.1) is 23.5 Å². The molecule has 3 heterocycles. The van der Waals surface area contributed by atoms with E-state index in [9.17, 15) is 9.59 Å². The van der Waals surface area contributed by atoms with Gasteiger partial charge in [-0.25, -0.2) is 4.98 Å². The molecule has 0 radical (unpaired) electrons. The van der Waals surface area contributed by atoms with E-state index in [1.54, 1.807) is 29.3 Å². The van der Waals surface area contributed by atoms with Gasteiger partial charge in [0.15, 0.2) is 5.82 Å². The Balaban J connectivity index is 1.41. The summed E-state index contributed by atoms with van der Waals surface area (Å²) in [7, 11) is 0. The van der Waals surface area contributed by atoms with Crippen LogP contribution in [0.25, 0.3) is 0 Å². The monoisotopic (exact) mass is 435 g/mol. The molecule has 1 aromatic heterocycles. The number of rotatable bonds is 8. The number of likely N-dealkylation sites (tertiary alicyclic amines) is 1. The Hall–Kier alpha value is -2.77. The first-order chi connectivity index (χ1) is 15.7. The summed E-state index contributed by atoms with van der Waals surface area (Å²) < 4.78 is 0. The molecule has 2 amide bonds. The molecular formula is C25H33N5O2. The van der Waals surface area contributed by atoms with Crippen molar-refractivity contribution in [3.05, 3.63) is 48.2 Å². The molecule has 7 heteroatoms. The molecule has 170 valence electrons. The minimum absolute atomic E-state index is 0.0574. The number of nitrogens with one attached hydrogen (secondary N) is 2. The van der Waals surface area contributed by atoms with Crippen LogP contribution >= 0.6 is 0 Å². The van der Waals surface area contributed by atoms with E-state index in [2.05, 4.69) is 27.4 Å². The molecule has 2 N–H and O–H groups in total. The van der Waals surface area contributed by atoms with Crippen molar-refractivity contribution in [1.82, 2.24) is 15.2 Å². The Kier molecular flexibility index (Phi) is 7.50. The number of unbranched alkanes of at least 4 members (excludes halogenated alkanes) is 1. The maximum Gasteiger partial charge on any atom is 0.257 e. The number of anilines is 3. The highest BCUT2D eigenvalue weighted by Gasteiger charge is 2.31. The number of carbonyl (C=O) groups is 2. The van der Waals surface area contributed by atoms with Crippen molar-refractivity contribution in [2.75, 3.05) is 42.9 Å². The molecule has 32 heavy (non-hydrogen) atoms. The molecule has 7 nitrogen and oxygen atoms in total. The summed E-state index contributed by atoms with van der Waals surface area (Å²) >= 11 is 0. The van der Waals surface area contributed by atoms with Crippen LogP contribution in [-0.2, 0) is 4.79 Å². The Morgan fingerprint density at radius 3 is 2.78 bits per heavy atom. The molecule has 0 bridgehead atoms. The van der Waals surface area contributed by atoms with E-state index < -0.39 is 0 Å². The number of nitrogens with zero attached hydrogens (tertiary/aromatic N) is 3. The van der Waals surface area contributed by atoms with Crippen LogP contribution < -0.4 is 15.5 Å². The number of benzene rings is 1. The topological polar surface area (TPSA) is 77.6 Å². The van der Waals surface area contributed by atoms with Crippen molar-refractivity contribution in [2.24, 2.45) is 5.92 Å². The van der Waals surface area contributed by atoms with Gasteiger partial charge in [-0.05, 0) is 75.6 Å². The summed E-state index contributed by atoms with van der Waals surface area (Å²) in [6.07, 6.45) is 7.71. The number of piperidine rings is 1. The third-order valence-corrected chi connectivity index (χ3v) is 6.42. The minimum Gasteiger partial charge on any atom is -0.319 e. The Morgan fingerprint density at radius 2 is 1.97 bits per heavy atom. The van der Waals surface area contributed by atoms with Crippen molar-refractivity contribution in [3.63, 3.8) is 0 Å². The van der Waals surface area contributed by atoms with E-state index in [0.29, 0.717) is 29.3 Å². The van der Waals surface area contributed by atoms with Gasteiger partial charge in [-0.15, -0.1) is 0 Å². The largest absolute Gasteiger partial charge is 0.319 e. The number of amides is 2. The van der Waals surface area contributed by atoms with E-state index >= 15 is 0 Å². The van der Waals surface area contributed by atoms with Crippen LogP contribution in [0.2, 0.25) is 0 Å². The first kappa shape index (κ1) is 22.4. The quantitative estimate of drug-likeness (QED) is 0.617. The lowest BCUT2D eigenvalue weighted by atomic mass is 9.91. The highest BCUT2D eigenvalue weighted by molar-refractivity contribution is 6.17. The highest BCUT2D eigenvalue weighted by atomic mass is 16.2. The molecule has 1 aromatic carbocycles. The Morgan fingerprint density at radius 1 is 1.16 bits per heavy atom. The Labute approximate surface area is 190 Å². The average Bonchev–Trinajstić information content (AvgIpc) is 2.94. The first-order valence-electron chi connectivity index (χ1n) is 11.8. The van der Waals surface area contributed by atoms with Crippen molar-refractivity contribution in [1.29, 1.82) is 0 Å². The van der Waals surface area contributed by atoms with Crippen LogP contribution in [0.15, 0.2) is 42.6 Å². The zero-order valence-corrected chi connectivity index (χ0v) is 18.8. The maximum absolute atomic E-state index is 13.5. The summed E-state index contributed by atoms with van der Waals surface area (Å²) in [5.41, 5.74) is 1.62. The van der Waals surface area contributed by atoms with Gasteiger partial charge >= 0.3 is 0 Å². The number of hydrogen-bond acceptors (Lipinski definition) is 5. The standard InChI is InChI=1S/C25H33N5O2/c1-2-26-14-6-5-8-19-12-16-29(17-13-19)18-23(31)30-22-11-4-3-9-20(22)25(32)28-21-10-7-15-27-24(21)30/h3-4,7,9-11,15,19,26H,2,5-6,8,12-14,16-18H2,1H3,(H,28,32). The number of carbonyl (C=O) groups excluding carboxylic acids is 2. The van der Waals surface area contributed by atoms with Gasteiger partial charge in [-0.2, -0.15) is 0 Å². The smallest absolute Gasteiger partial charge is 0.257 e. The molecule has 0 spiro atoms. The number of para-hydroxylation sites is 1. The zero-order chi connectivity index (χ0) is 22.3. The van der Waals surface area contributed by atoms with Gasteiger partial charge in [-0.3, -0.25) is 19.4 Å². The molecule has 0 aliphatic carbocycles. The zero-order valence-electron chi connectivity index (χ0n) is 18.8. The molecule has 1 saturated heterocycles. The second kappa shape index (κ2) is 10.7. The lowest BCUT2D eigenvalue weighted by Gasteiger charge is -2.33. The molecule has 2 aromatic rings. The van der Waals surface area contributed by atoms with Crippen LogP contribution in [-0.4, -0.2) is 54.4 Å². The molecule has 2 aliphatic rings.